The number of sulfonamides is 1. The van der Waals surface area contributed by atoms with E-state index in [1.165, 1.54) is 0 Å². The van der Waals surface area contributed by atoms with E-state index in [1.807, 2.05) is 25.1 Å². The molecule has 1 heterocycles. The number of hydrogen-bond acceptors (Lipinski definition) is 3. The number of carbonyl (C=O) groups is 1. The lowest BCUT2D eigenvalue weighted by Crippen LogP contribution is -2.26. The Labute approximate surface area is 135 Å². The summed E-state index contributed by atoms with van der Waals surface area (Å²) in [5.74, 6) is -0.00257. The molecule has 2 N–H and O–H groups in total. The molecule has 120 valence electrons. The van der Waals surface area contributed by atoms with E-state index in [4.69, 9.17) is 0 Å². The smallest absolute Gasteiger partial charge is 0.240 e. The van der Waals surface area contributed by atoms with Gasteiger partial charge in [-0.2, -0.15) is 0 Å². The van der Waals surface area contributed by atoms with Crippen LogP contribution in [0.2, 0.25) is 0 Å². The van der Waals surface area contributed by atoms with Gasteiger partial charge in [0.2, 0.25) is 15.9 Å². The van der Waals surface area contributed by atoms with Crippen LogP contribution in [-0.4, -0.2) is 20.9 Å². The molecule has 1 aliphatic heterocycles. The molecular formula is C17H18N2O3S. The summed E-state index contributed by atoms with van der Waals surface area (Å²) in [5, 5.41) is 2.78. The van der Waals surface area contributed by atoms with Crippen LogP contribution in [0.15, 0.2) is 47.4 Å². The largest absolute Gasteiger partial charge is 0.326 e. The van der Waals surface area contributed by atoms with Gasteiger partial charge in [-0.3, -0.25) is 4.79 Å². The van der Waals surface area contributed by atoms with Gasteiger partial charge < -0.3 is 5.32 Å². The molecule has 0 aromatic heterocycles. The van der Waals surface area contributed by atoms with Gasteiger partial charge in [0, 0.05) is 12.2 Å². The molecule has 0 fully saturated rings. The molecule has 0 spiro atoms. The fourth-order valence-corrected chi connectivity index (χ4v) is 3.60. The Morgan fingerprint density at radius 1 is 1.13 bits per heavy atom. The molecule has 0 saturated carbocycles. The van der Waals surface area contributed by atoms with Crippen molar-refractivity contribution in [2.45, 2.75) is 24.7 Å². The third-order valence-electron chi connectivity index (χ3n) is 3.83. The Hall–Kier alpha value is -2.18. The van der Waals surface area contributed by atoms with Crippen molar-refractivity contribution in [1.82, 2.24) is 4.72 Å². The fraction of sp³-hybridized carbons (Fsp3) is 0.235. The first-order valence-electron chi connectivity index (χ1n) is 7.42. The molecule has 0 aliphatic carbocycles. The van der Waals surface area contributed by atoms with E-state index in [2.05, 4.69) is 10.0 Å². The van der Waals surface area contributed by atoms with Crippen LogP contribution >= 0.6 is 0 Å². The summed E-state index contributed by atoms with van der Waals surface area (Å²) < 4.78 is 27.0. The number of amides is 1. The number of rotatable bonds is 5. The molecule has 0 bridgehead atoms. The minimum absolute atomic E-state index is 0.00257. The van der Waals surface area contributed by atoms with E-state index < -0.39 is 10.0 Å². The summed E-state index contributed by atoms with van der Waals surface area (Å²) >= 11 is 0. The molecule has 0 radical (unpaired) electrons. The number of benzene rings is 2. The minimum Gasteiger partial charge on any atom is -0.326 e. The third-order valence-corrected chi connectivity index (χ3v) is 5.31. The molecule has 3 rings (SSSR count). The van der Waals surface area contributed by atoms with E-state index >= 15 is 0 Å². The Morgan fingerprint density at radius 3 is 2.61 bits per heavy atom. The summed E-state index contributed by atoms with van der Waals surface area (Å²) in [6, 6.07) is 12.5. The number of hydrogen-bond donors (Lipinski definition) is 2. The van der Waals surface area contributed by atoms with Crippen LogP contribution in [0.3, 0.4) is 0 Å². The first-order valence-corrected chi connectivity index (χ1v) is 8.90. The van der Waals surface area contributed by atoms with Gasteiger partial charge >= 0.3 is 0 Å². The molecule has 1 amide bonds. The van der Waals surface area contributed by atoms with E-state index in [0.717, 1.165) is 22.4 Å². The maximum atomic E-state index is 12.2. The van der Waals surface area contributed by atoms with Gasteiger partial charge in [0.05, 0.1) is 11.3 Å². The molecule has 5 nitrogen and oxygen atoms in total. The number of anilines is 1. The lowest BCUT2D eigenvalue weighted by Gasteiger charge is -2.08. The zero-order valence-corrected chi connectivity index (χ0v) is 13.6. The van der Waals surface area contributed by atoms with Crippen LogP contribution in [0.5, 0.6) is 0 Å². The number of aryl methyl sites for hydroxylation is 1. The van der Waals surface area contributed by atoms with Gasteiger partial charge in [-0.25, -0.2) is 13.1 Å². The minimum atomic E-state index is -3.48. The predicted octanol–water partition coefficient (Wildman–Crippen LogP) is 2.01. The zero-order valence-electron chi connectivity index (χ0n) is 12.8. The summed E-state index contributed by atoms with van der Waals surface area (Å²) in [7, 11) is -3.48. The molecule has 1 aliphatic rings. The Balaban J connectivity index is 1.62. The summed E-state index contributed by atoms with van der Waals surface area (Å²) in [4.78, 5) is 11.6. The van der Waals surface area contributed by atoms with Crippen molar-refractivity contribution in [2.75, 3.05) is 11.9 Å². The predicted molar refractivity (Wildman–Crippen MR) is 88.8 cm³/mol. The van der Waals surface area contributed by atoms with Crippen molar-refractivity contribution in [1.29, 1.82) is 0 Å². The molecule has 6 heteroatoms. The highest BCUT2D eigenvalue weighted by Crippen LogP contribution is 2.23. The van der Waals surface area contributed by atoms with Gasteiger partial charge in [-0.05, 0) is 42.7 Å². The lowest BCUT2D eigenvalue weighted by atomic mass is 10.1. The normalized spacial score (nSPS) is 13.7. The Kier molecular flexibility index (Phi) is 4.19. The number of fused-ring (bicyclic) bond motifs is 1. The maximum Gasteiger partial charge on any atom is 0.240 e. The van der Waals surface area contributed by atoms with E-state index in [-0.39, 0.29) is 10.8 Å². The average Bonchev–Trinajstić information content (AvgIpc) is 2.87. The van der Waals surface area contributed by atoms with Crippen LogP contribution < -0.4 is 10.0 Å². The molecule has 0 atom stereocenters. The van der Waals surface area contributed by atoms with Crippen molar-refractivity contribution in [2.24, 2.45) is 0 Å². The summed E-state index contributed by atoms with van der Waals surface area (Å²) in [6.07, 6.45) is 0.963. The van der Waals surface area contributed by atoms with Gasteiger partial charge in [0.25, 0.3) is 0 Å². The standard InChI is InChI=1S/C17H18N2O3S/c1-12-2-5-15(6-3-12)23(21,22)18-9-8-13-4-7-16-14(10-13)11-17(20)19-16/h2-7,10,18H,8-9,11H2,1H3,(H,19,20). The van der Waals surface area contributed by atoms with Gasteiger partial charge in [0.1, 0.15) is 0 Å². The van der Waals surface area contributed by atoms with Crippen molar-refractivity contribution in [3.8, 4) is 0 Å². The highest BCUT2D eigenvalue weighted by Gasteiger charge is 2.17. The summed E-state index contributed by atoms with van der Waals surface area (Å²) in [6.45, 7) is 2.23. The van der Waals surface area contributed by atoms with Crippen LogP contribution in [0.4, 0.5) is 5.69 Å². The topological polar surface area (TPSA) is 75.3 Å². The van der Waals surface area contributed by atoms with Crippen LogP contribution in [0.25, 0.3) is 0 Å². The second kappa shape index (κ2) is 6.14. The van der Waals surface area contributed by atoms with E-state index in [9.17, 15) is 13.2 Å². The molecule has 0 unspecified atom stereocenters. The van der Waals surface area contributed by atoms with Crippen LogP contribution in [0.1, 0.15) is 16.7 Å². The van der Waals surface area contributed by atoms with Crippen molar-refractivity contribution in [3.05, 3.63) is 59.2 Å². The molecule has 23 heavy (non-hydrogen) atoms. The molecule has 2 aromatic rings. The van der Waals surface area contributed by atoms with Gasteiger partial charge in [0.15, 0.2) is 0 Å². The van der Waals surface area contributed by atoms with E-state index in [1.54, 1.807) is 24.3 Å². The number of nitrogens with one attached hydrogen (secondary N) is 2. The Bertz CT molecular complexity index is 843. The van der Waals surface area contributed by atoms with Crippen molar-refractivity contribution in [3.63, 3.8) is 0 Å². The maximum absolute atomic E-state index is 12.2. The quantitative estimate of drug-likeness (QED) is 0.880. The highest BCUT2D eigenvalue weighted by molar-refractivity contribution is 7.89. The molecule has 0 saturated heterocycles. The van der Waals surface area contributed by atoms with E-state index in [0.29, 0.717) is 19.4 Å². The first-order chi connectivity index (χ1) is 10.9. The third kappa shape index (κ3) is 3.60. The SMILES string of the molecule is Cc1ccc(S(=O)(=O)NCCc2ccc3c(c2)CC(=O)N3)cc1. The highest BCUT2D eigenvalue weighted by atomic mass is 32.2. The van der Waals surface area contributed by atoms with Crippen molar-refractivity contribution >= 4 is 21.6 Å². The monoisotopic (exact) mass is 330 g/mol. The molecule has 2 aromatic carbocycles. The first kappa shape index (κ1) is 15.7. The average molecular weight is 330 g/mol. The fourth-order valence-electron chi connectivity index (χ4n) is 2.57. The number of carbonyl (C=O) groups excluding carboxylic acids is 1. The van der Waals surface area contributed by atoms with Crippen molar-refractivity contribution < 1.29 is 13.2 Å². The molecular weight excluding hydrogens is 312 g/mol. The zero-order chi connectivity index (χ0) is 16.4. The van der Waals surface area contributed by atoms with Gasteiger partial charge in [-0.1, -0.05) is 29.8 Å². The summed E-state index contributed by atoms with van der Waals surface area (Å²) in [5.41, 5.74) is 3.84. The van der Waals surface area contributed by atoms with Crippen LogP contribution in [-0.2, 0) is 27.7 Å². The Morgan fingerprint density at radius 2 is 1.87 bits per heavy atom. The van der Waals surface area contributed by atoms with Gasteiger partial charge in [-0.15, -0.1) is 0 Å². The van der Waals surface area contributed by atoms with Crippen LogP contribution in [0, 0.1) is 6.92 Å². The second-order valence-electron chi connectivity index (χ2n) is 5.68. The lowest BCUT2D eigenvalue weighted by molar-refractivity contribution is -0.115. The second-order valence-corrected chi connectivity index (χ2v) is 7.44.